The van der Waals surface area contributed by atoms with E-state index < -0.39 is 0 Å². The highest BCUT2D eigenvalue weighted by molar-refractivity contribution is 7.99. The topological polar surface area (TPSA) is 12.0 Å². The van der Waals surface area contributed by atoms with Crippen LogP contribution in [-0.2, 0) is 6.42 Å². The Morgan fingerprint density at radius 3 is 2.67 bits per heavy atom. The van der Waals surface area contributed by atoms with Gasteiger partial charge in [0.15, 0.2) is 0 Å². The molecule has 2 rings (SSSR count). The van der Waals surface area contributed by atoms with Gasteiger partial charge in [-0.2, -0.15) is 0 Å². The van der Waals surface area contributed by atoms with Gasteiger partial charge in [-0.3, -0.25) is 0 Å². The highest BCUT2D eigenvalue weighted by Gasteiger charge is 2.12. The predicted octanol–water partition coefficient (Wildman–Crippen LogP) is 4.79. The molecule has 0 fully saturated rings. The Kier molecular flexibility index (Phi) is 6.55. The van der Waals surface area contributed by atoms with Crippen molar-refractivity contribution < 1.29 is 4.39 Å². The van der Waals surface area contributed by atoms with Crippen LogP contribution in [0.15, 0.2) is 53.4 Å². The second kappa shape index (κ2) is 8.42. The molecule has 0 aromatic heterocycles. The van der Waals surface area contributed by atoms with Crippen LogP contribution in [0.4, 0.5) is 4.39 Å². The van der Waals surface area contributed by atoms with E-state index >= 15 is 0 Å². The molecule has 0 saturated heterocycles. The molecule has 21 heavy (non-hydrogen) atoms. The molecule has 4 heteroatoms. The summed E-state index contributed by atoms with van der Waals surface area (Å²) in [5.74, 6) is 0.686. The molecule has 2 aromatic rings. The fraction of sp³-hybridized carbons (Fsp3) is 0.294. The van der Waals surface area contributed by atoms with Gasteiger partial charge in [0.25, 0.3) is 0 Å². The summed E-state index contributed by atoms with van der Waals surface area (Å²) in [6.07, 6.45) is 0.726. The maximum atomic E-state index is 13.3. The number of likely N-dealkylation sites (N-methyl/N-ethyl adjacent to an activating group) is 1. The zero-order chi connectivity index (χ0) is 15.1. The molecule has 0 bridgehead atoms. The van der Waals surface area contributed by atoms with Gasteiger partial charge in [-0.15, -0.1) is 11.8 Å². The molecule has 1 N–H and O–H groups in total. The fourth-order valence-electron chi connectivity index (χ4n) is 2.16. The van der Waals surface area contributed by atoms with Crippen molar-refractivity contribution in [2.45, 2.75) is 24.3 Å². The van der Waals surface area contributed by atoms with Crippen LogP contribution in [-0.4, -0.2) is 18.3 Å². The molecule has 1 atom stereocenters. The third-order valence-electron chi connectivity index (χ3n) is 3.16. The van der Waals surface area contributed by atoms with Gasteiger partial charge in [0.1, 0.15) is 5.82 Å². The van der Waals surface area contributed by atoms with Crippen molar-refractivity contribution in [1.82, 2.24) is 5.32 Å². The van der Waals surface area contributed by atoms with Crippen molar-refractivity contribution in [3.05, 3.63) is 64.9 Å². The summed E-state index contributed by atoms with van der Waals surface area (Å²) in [5, 5.41) is 4.07. The SMILES string of the molecule is CCNC(CSc1ccccc1)Cc1cc(F)ccc1Cl. The zero-order valence-corrected chi connectivity index (χ0v) is 13.6. The molecule has 0 saturated carbocycles. The normalized spacial score (nSPS) is 12.3. The van der Waals surface area contributed by atoms with Crippen molar-refractivity contribution in [2.24, 2.45) is 0 Å². The van der Waals surface area contributed by atoms with E-state index in [1.165, 1.54) is 17.0 Å². The van der Waals surface area contributed by atoms with Crippen LogP contribution in [0, 0.1) is 5.82 Å². The summed E-state index contributed by atoms with van der Waals surface area (Å²) in [4.78, 5) is 1.24. The lowest BCUT2D eigenvalue weighted by molar-refractivity contribution is 0.568. The first kappa shape index (κ1) is 16.3. The average molecular weight is 324 g/mol. The number of thioether (sulfide) groups is 1. The Balaban J connectivity index is 2.00. The fourth-order valence-corrected chi connectivity index (χ4v) is 3.33. The van der Waals surface area contributed by atoms with Crippen molar-refractivity contribution >= 4 is 23.4 Å². The number of rotatable bonds is 7. The van der Waals surface area contributed by atoms with Crippen LogP contribution in [0.25, 0.3) is 0 Å². The van der Waals surface area contributed by atoms with Crippen LogP contribution < -0.4 is 5.32 Å². The summed E-state index contributed by atoms with van der Waals surface area (Å²) in [5.41, 5.74) is 0.858. The van der Waals surface area contributed by atoms with E-state index in [9.17, 15) is 4.39 Å². The zero-order valence-electron chi connectivity index (χ0n) is 12.0. The van der Waals surface area contributed by atoms with E-state index in [0.717, 1.165) is 24.3 Å². The van der Waals surface area contributed by atoms with Crippen molar-refractivity contribution in [3.63, 3.8) is 0 Å². The molecule has 0 aliphatic heterocycles. The first-order chi connectivity index (χ1) is 10.2. The molecule has 1 unspecified atom stereocenters. The third-order valence-corrected chi connectivity index (χ3v) is 4.70. The van der Waals surface area contributed by atoms with E-state index in [-0.39, 0.29) is 11.9 Å². The van der Waals surface area contributed by atoms with Gasteiger partial charge in [-0.05, 0) is 48.9 Å². The van der Waals surface area contributed by atoms with Gasteiger partial charge in [-0.1, -0.05) is 36.7 Å². The minimum Gasteiger partial charge on any atom is -0.313 e. The van der Waals surface area contributed by atoms with Gasteiger partial charge in [0.05, 0.1) is 0 Å². The van der Waals surface area contributed by atoms with Crippen LogP contribution in [0.3, 0.4) is 0 Å². The molecular weight excluding hydrogens is 305 g/mol. The van der Waals surface area contributed by atoms with Crippen LogP contribution in [0.5, 0.6) is 0 Å². The lowest BCUT2D eigenvalue weighted by atomic mass is 10.1. The highest BCUT2D eigenvalue weighted by Crippen LogP contribution is 2.22. The number of nitrogens with one attached hydrogen (secondary N) is 1. The predicted molar refractivity (Wildman–Crippen MR) is 89.7 cm³/mol. The maximum absolute atomic E-state index is 13.3. The quantitative estimate of drug-likeness (QED) is 0.735. The Hall–Kier alpha value is -1.03. The number of hydrogen-bond acceptors (Lipinski definition) is 2. The molecule has 0 heterocycles. The highest BCUT2D eigenvalue weighted by atomic mass is 35.5. The lowest BCUT2D eigenvalue weighted by Gasteiger charge is -2.18. The van der Waals surface area contributed by atoms with Crippen LogP contribution >= 0.6 is 23.4 Å². The van der Waals surface area contributed by atoms with Crippen LogP contribution in [0.1, 0.15) is 12.5 Å². The molecular formula is C17H19ClFNS. The van der Waals surface area contributed by atoms with Gasteiger partial charge < -0.3 is 5.32 Å². The van der Waals surface area contributed by atoms with Gasteiger partial charge in [-0.25, -0.2) is 4.39 Å². The summed E-state index contributed by atoms with van der Waals surface area (Å²) >= 11 is 7.95. The van der Waals surface area contributed by atoms with Crippen molar-refractivity contribution in [2.75, 3.05) is 12.3 Å². The van der Waals surface area contributed by atoms with Gasteiger partial charge in [0, 0.05) is 21.7 Å². The van der Waals surface area contributed by atoms with E-state index in [1.54, 1.807) is 17.8 Å². The molecule has 112 valence electrons. The number of halogens is 2. The molecule has 0 aliphatic carbocycles. The first-order valence-electron chi connectivity index (χ1n) is 7.04. The Morgan fingerprint density at radius 1 is 1.19 bits per heavy atom. The largest absolute Gasteiger partial charge is 0.313 e. The average Bonchev–Trinajstić information content (AvgIpc) is 2.50. The van der Waals surface area contributed by atoms with E-state index in [2.05, 4.69) is 24.4 Å². The standard InChI is InChI=1S/C17H19ClFNS/c1-2-20-15(12-21-16-6-4-3-5-7-16)11-13-10-14(19)8-9-17(13)18/h3-10,15,20H,2,11-12H2,1H3. The Bertz CT molecular complexity index is 562. The van der Waals surface area contributed by atoms with E-state index in [0.29, 0.717) is 5.02 Å². The minimum absolute atomic E-state index is 0.236. The summed E-state index contributed by atoms with van der Waals surface area (Å²) < 4.78 is 13.3. The summed E-state index contributed by atoms with van der Waals surface area (Å²) in [6, 6.07) is 15.1. The van der Waals surface area contributed by atoms with Crippen molar-refractivity contribution in [1.29, 1.82) is 0 Å². The molecule has 1 nitrogen and oxygen atoms in total. The summed E-state index contributed by atoms with van der Waals surface area (Å²) in [6.45, 7) is 2.96. The number of benzene rings is 2. The Labute approximate surface area is 134 Å². The number of hydrogen-bond donors (Lipinski definition) is 1. The minimum atomic E-state index is -0.236. The molecule has 0 spiro atoms. The van der Waals surface area contributed by atoms with E-state index in [4.69, 9.17) is 11.6 Å². The Morgan fingerprint density at radius 2 is 1.95 bits per heavy atom. The third kappa shape index (κ3) is 5.34. The maximum Gasteiger partial charge on any atom is 0.123 e. The van der Waals surface area contributed by atoms with Crippen LogP contribution in [0.2, 0.25) is 5.02 Å². The van der Waals surface area contributed by atoms with Gasteiger partial charge in [0.2, 0.25) is 0 Å². The first-order valence-corrected chi connectivity index (χ1v) is 8.40. The second-order valence-electron chi connectivity index (χ2n) is 4.82. The molecule has 0 amide bonds. The second-order valence-corrected chi connectivity index (χ2v) is 6.32. The van der Waals surface area contributed by atoms with Gasteiger partial charge >= 0.3 is 0 Å². The monoisotopic (exact) mass is 323 g/mol. The smallest absolute Gasteiger partial charge is 0.123 e. The van der Waals surface area contributed by atoms with Crippen molar-refractivity contribution in [3.8, 4) is 0 Å². The molecule has 0 radical (unpaired) electrons. The molecule has 2 aromatic carbocycles. The summed E-state index contributed by atoms with van der Waals surface area (Å²) in [7, 11) is 0. The molecule has 0 aliphatic rings. The van der Waals surface area contributed by atoms with E-state index in [1.807, 2.05) is 18.2 Å². The lowest BCUT2D eigenvalue weighted by Crippen LogP contribution is -2.33.